The Morgan fingerprint density at radius 2 is 1.96 bits per heavy atom. The fraction of sp³-hybridized carbons (Fsp3) is 0.118. The van der Waals surface area contributed by atoms with Gasteiger partial charge >= 0.3 is 0 Å². The smallest absolute Gasteiger partial charge is 0.270 e. The van der Waals surface area contributed by atoms with E-state index in [1.54, 1.807) is 30.5 Å². The maximum absolute atomic E-state index is 11.7. The summed E-state index contributed by atoms with van der Waals surface area (Å²) in [6.45, 7) is 5.40. The molecule has 0 aliphatic carbocycles. The zero-order chi connectivity index (χ0) is 16.7. The SMILES string of the molecule is C=CCNC(=O)c1ccc(Nc2cccc(NC(C)=O)c2)cn1. The molecule has 6 nitrogen and oxygen atoms in total. The molecule has 0 aliphatic heterocycles. The largest absolute Gasteiger partial charge is 0.354 e. The van der Waals surface area contributed by atoms with E-state index in [0.29, 0.717) is 17.9 Å². The summed E-state index contributed by atoms with van der Waals surface area (Å²) in [7, 11) is 0. The van der Waals surface area contributed by atoms with Gasteiger partial charge in [-0.25, -0.2) is 4.98 Å². The maximum atomic E-state index is 11.7. The van der Waals surface area contributed by atoms with Gasteiger partial charge in [0.05, 0.1) is 11.9 Å². The highest BCUT2D eigenvalue weighted by Crippen LogP contribution is 2.19. The third-order valence-electron chi connectivity index (χ3n) is 2.87. The van der Waals surface area contributed by atoms with Crippen LogP contribution in [0.25, 0.3) is 0 Å². The summed E-state index contributed by atoms with van der Waals surface area (Å²) in [6, 6.07) is 10.7. The summed E-state index contributed by atoms with van der Waals surface area (Å²) in [5, 5.41) is 8.55. The average Bonchev–Trinajstić information content (AvgIpc) is 2.53. The fourth-order valence-corrected chi connectivity index (χ4v) is 1.90. The molecule has 0 saturated carbocycles. The number of carbonyl (C=O) groups excluding carboxylic acids is 2. The van der Waals surface area contributed by atoms with Crippen LogP contribution in [0.1, 0.15) is 17.4 Å². The van der Waals surface area contributed by atoms with E-state index in [0.717, 1.165) is 11.4 Å². The number of nitrogens with zero attached hydrogens (tertiary/aromatic N) is 1. The number of amides is 2. The zero-order valence-corrected chi connectivity index (χ0v) is 12.8. The first-order valence-corrected chi connectivity index (χ1v) is 7.08. The zero-order valence-electron chi connectivity index (χ0n) is 12.8. The van der Waals surface area contributed by atoms with Crippen LogP contribution < -0.4 is 16.0 Å². The van der Waals surface area contributed by atoms with Crippen molar-refractivity contribution >= 4 is 28.9 Å². The molecule has 2 amide bonds. The van der Waals surface area contributed by atoms with E-state index in [2.05, 4.69) is 27.5 Å². The molecule has 0 fully saturated rings. The Balaban J connectivity index is 2.04. The molecule has 2 aromatic rings. The van der Waals surface area contributed by atoms with Crippen molar-refractivity contribution in [3.05, 3.63) is 60.9 Å². The molecule has 23 heavy (non-hydrogen) atoms. The molecule has 0 bridgehead atoms. The minimum absolute atomic E-state index is 0.126. The number of benzene rings is 1. The van der Waals surface area contributed by atoms with Gasteiger partial charge in [0, 0.05) is 24.8 Å². The van der Waals surface area contributed by atoms with Crippen molar-refractivity contribution in [3.8, 4) is 0 Å². The number of hydrogen-bond donors (Lipinski definition) is 3. The van der Waals surface area contributed by atoms with Crippen molar-refractivity contribution in [3.63, 3.8) is 0 Å². The second kappa shape index (κ2) is 7.74. The second-order valence-electron chi connectivity index (χ2n) is 4.82. The molecule has 1 aromatic carbocycles. The highest BCUT2D eigenvalue weighted by atomic mass is 16.2. The molecule has 0 aliphatic rings. The molecule has 1 aromatic heterocycles. The normalized spacial score (nSPS) is 9.78. The lowest BCUT2D eigenvalue weighted by molar-refractivity contribution is -0.114. The maximum Gasteiger partial charge on any atom is 0.270 e. The number of aromatic nitrogens is 1. The lowest BCUT2D eigenvalue weighted by Crippen LogP contribution is -2.24. The van der Waals surface area contributed by atoms with Crippen molar-refractivity contribution in [1.82, 2.24) is 10.3 Å². The highest BCUT2D eigenvalue weighted by molar-refractivity contribution is 5.92. The Morgan fingerprint density at radius 1 is 1.17 bits per heavy atom. The first-order chi connectivity index (χ1) is 11.1. The van der Waals surface area contributed by atoms with Gasteiger partial charge in [-0.1, -0.05) is 12.1 Å². The molecule has 0 radical (unpaired) electrons. The first kappa shape index (κ1) is 16.2. The minimum atomic E-state index is -0.246. The fourth-order valence-electron chi connectivity index (χ4n) is 1.90. The Hall–Kier alpha value is -3.15. The molecule has 3 N–H and O–H groups in total. The van der Waals surface area contributed by atoms with Crippen LogP contribution in [0.15, 0.2) is 55.3 Å². The highest BCUT2D eigenvalue weighted by Gasteiger charge is 2.05. The molecule has 0 spiro atoms. The molecule has 6 heteroatoms. The standard InChI is InChI=1S/C17H18N4O2/c1-3-9-18-17(23)16-8-7-15(11-19-16)21-14-6-4-5-13(10-14)20-12(2)22/h3-8,10-11,21H,1,9H2,2H3,(H,18,23)(H,20,22). The van der Waals surface area contributed by atoms with Crippen molar-refractivity contribution in [1.29, 1.82) is 0 Å². The topological polar surface area (TPSA) is 83.1 Å². The number of carbonyl (C=O) groups is 2. The van der Waals surface area contributed by atoms with Gasteiger partial charge in [0.25, 0.3) is 5.91 Å². The van der Waals surface area contributed by atoms with Gasteiger partial charge in [-0.2, -0.15) is 0 Å². The molecule has 0 atom stereocenters. The van der Waals surface area contributed by atoms with E-state index in [4.69, 9.17) is 0 Å². The van der Waals surface area contributed by atoms with Gasteiger partial charge in [0.1, 0.15) is 5.69 Å². The molecular formula is C17H18N4O2. The summed E-state index contributed by atoms with van der Waals surface area (Å²) in [5.41, 5.74) is 2.59. The Kier molecular flexibility index (Phi) is 5.46. The second-order valence-corrected chi connectivity index (χ2v) is 4.82. The van der Waals surface area contributed by atoms with E-state index in [9.17, 15) is 9.59 Å². The predicted molar refractivity (Wildman–Crippen MR) is 90.8 cm³/mol. The first-order valence-electron chi connectivity index (χ1n) is 7.08. The van der Waals surface area contributed by atoms with Crippen LogP contribution in [0.2, 0.25) is 0 Å². The monoisotopic (exact) mass is 310 g/mol. The summed E-state index contributed by atoms with van der Waals surface area (Å²) < 4.78 is 0. The molecule has 0 unspecified atom stereocenters. The lowest BCUT2D eigenvalue weighted by Gasteiger charge is -2.09. The quantitative estimate of drug-likeness (QED) is 0.716. The van der Waals surface area contributed by atoms with Crippen LogP contribution >= 0.6 is 0 Å². The third kappa shape index (κ3) is 4.96. The summed E-state index contributed by atoms with van der Waals surface area (Å²) in [5.74, 6) is -0.372. The van der Waals surface area contributed by atoms with Gasteiger partial charge in [-0.05, 0) is 30.3 Å². The van der Waals surface area contributed by atoms with Crippen LogP contribution in [0, 0.1) is 0 Å². The number of hydrogen-bond acceptors (Lipinski definition) is 4. The van der Waals surface area contributed by atoms with Crippen molar-refractivity contribution < 1.29 is 9.59 Å². The number of anilines is 3. The Bertz CT molecular complexity index is 711. The predicted octanol–water partition coefficient (Wildman–Crippen LogP) is 2.70. The van der Waals surface area contributed by atoms with Gasteiger partial charge in [0.15, 0.2) is 0 Å². The Labute approximate surface area is 134 Å². The van der Waals surface area contributed by atoms with E-state index in [-0.39, 0.29) is 11.8 Å². The van der Waals surface area contributed by atoms with Crippen molar-refractivity contribution in [2.45, 2.75) is 6.92 Å². The van der Waals surface area contributed by atoms with Crippen molar-refractivity contribution in [2.24, 2.45) is 0 Å². The van der Waals surface area contributed by atoms with Crippen LogP contribution in [-0.2, 0) is 4.79 Å². The summed E-state index contributed by atoms with van der Waals surface area (Å²) >= 11 is 0. The van der Waals surface area contributed by atoms with Crippen LogP contribution in [-0.4, -0.2) is 23.3 Å². The van der Waals surface area contributed by atoms with Crippen LogP contribution in [0.4, 0.5) is 17.1 Å². The van der Waals surface area contributed by atoms with Crippen LogP contribution in [0.5, 0.6) is 0 Å². The van der Waals surface area contributed by atoms with Gasteiger partial charge in [-0.3, -0.25) is 9.59 Å². The molecule has 0 saturated heterocycles. The van der Waals surface area contributed by atoms with E-state index >= 15 is 0 Å². The molecule has 2 rings (SSSR count). The summed E-state index contributed by atoms with van der Waals surface area (Å²) in [6.07, 6.45) is 3.18. The van der Waals surface area contributed by atoms with Crippen molar-refractivity contribution in [2.75, 3.05) is 17.2 Å². The Morgan fingerprint density at radius 3 is 2.61 bits per heavy atom. The summed E-state index contributed by atoms with van der Waals surface area (Å²) in [4.78, 5) is 26.9. The third-order valence-corrected chi connectivity index (χ3v) is 2.87. The van der Waals surface area contributed by atoms with E-state index in [1.807, 2.05) is 18.2 Å². The van der Waals surface area contributed by atoms with E-state index in [1.165, 1.54) is 6.92 Å². The molecule has 118 valence electrons. The molecular weight excluding hydrogens is 292 g/mol. The average molecular weight is 310 g/mol. The van der Waals surface area contributed by atoms with Crippen LogP contribution in [0.3, 0.4) is 0 Å². The van der Waals surface area contributed by atoms with Gasteiger partial charge in [-0.15, -0.1) is 6.58 Å². The van der Waals surface area contributed by atoms with Gasteiger partial charge in [0.2, 0.25) is 5.91 Å². The van der Waals surface area contributed by atoms with E-state index < -0.39 is 0 Å². The number of pyridine rings is 1. The molecule has 1 heterocycles. The van der Waals surface area contributed by atoms with Gasteiger partial charge < -0.3 is 16.0 Å². The lowest BCUT2D eigenvalue weighted by atomic mass is 10.2. The number of nitrogens with one attached hydrogen (secondary N) is 3. The number of rotatable bonds is 6. The minimum Gasteiger partial charge on any atom is -0.354 e.